The Labute approximate surface area is 88.0 Å². The Morgan fingerprint density at radius 2 is 1.29 bits per heavy atom. The highest BCUT2D eigenvalue weighted by molar-refractivity contribution is 6.34. The van der Waals surface area contributed by atoms with E-state index >= 15 is 0 Å². The summed E-state index contributed by atoms with van der Waals surface area (Å²) in [4.78, 5) is 0. The summed E-state index contributed by atoms with van der Waals surface area (Å²) in [6.45, 7) is 5.29. The quantitative estimate of drug-likeness (QED) is 0.402. The van der Waals surface area contributed by atoms with E-state index in [1.807, 2.05) is 0 Å². The second kappa shape index (κ2) is 11.0. The van der Waals surface area contributed by atoms with Crippen molar-refractivity contribution in [3.8, 4) is 0 Å². The zero-order valence-electron chi connectivity index (χ0n) is 9.46. The molecule has 83 valence electrons. The van der Waals surface area contributed by atoms with Crippen molar-refractivity contribution < 1.29 is 14.3 Å². The molecule has 0 aromatic carbocycles. The molecule has 0 aliphatic carbocycles. The lowest BCUT2D eigenvalue weighted by Gasteiger charge is -2.06. The van der Waals surface area contributed by atoms with E-state index in [0.29, 0.717) is 13.2 Å². The topological polar surface area (TPSA) is 38.4 Å². The highest BCUT2D eigenvalue weighted by Gasteiger charge is 2.16. The van der Waals surface area contributed by atoms with Crippen molar-refractivity contribution in [3.63, 3.8) is 0 Å². The van der Waals surface area contributed by atoms with Gasteiger partial charge in [-0.2, -0.15) is 0 Å². The molecule has 0 heterocycles. The van der Waals surface area contributed by atoms with Gasteiger partial charge in [-0.25, -0.2) is 5.02 Å². The van der Waals surface area contributed by atoms with Gasteiger partial charge in [-0.05, 0) is 12.8 Å². The molecule has 0 saturated heterocycles. The van der Waals surface area contributed by atoms with Gasteiger partial charge >= 0.3 is 7.32 Å². The van der Waals surface area contributed by atoms with Crippen LogP contribution in [0.5, 0.6) is 0 Å². The summed E-state index contributed by atoms with van der Waals surface area (Å²) in [6, 6.07) is 0. The zero-order valence-corrected chi connectivity index (χ0v) is 9.46. The second-order valence-electron chi connectivity index (χ2n) is 3.44. The molecule has 0 aliphatic rings. The normalized spacial score (nSPS) is 10.5. The predicted octanol–water partition coefficient (Wildman–Crippen LogP) is 2.82. The lowest BCUT2D eigenvalue weighted by atomic mass is 10.2. The van der Waals surface area contributed by atoms with Crippen molar-refractivity contribution in [1.82, 2.24) is 0 Å². The predicted molar refractivity (Wildman–Crippen MR) is 57.4 cm³/mol. The fourth-order valence-corrected chi connectivity index (χ4v) is 1.11. The molecule has 0 N–H and O–H groups in total. The Balaban J connectivity index is 3.07. The Bertz CT molecular complexity index is 99.5. The lowest BCUT2D eigenvalue weighted by Crippen LogP contribution is -2.22. The zero-order chi connectivity index (χ0) is 10.6. The van der Waals surface area contributed by atoms with Crippen molar-refractivity contribution in [2.24, 2.45) is 0 Å². The summed E-state index contributed by atoms with van der Waals surface area (Å²) in [6.07, 6.45) is 6.42. The molecule has 0 aromatic rings. The summed E-state index contributed by atoms with van der Waals surface area (Å²) < 4.78 is 9.89. The summed E-state index contributed by atoms with van der Waals surface area (Å²) in [5.41, 5.74) is 0. The van der Waals surface area contributed by atoms with Crippen LogP contribution in [0.2, 0.25) is 0 Å². The van der Waals surface area contributed by atoms with E-state index in [0.717, 1.165) is 38.5 Å². The van der Waals surface area contributed by atoms with E-state index in [9.17, 15) is 5.02 Å². The maximum Gasteiger partial charge on any atom is 0.666 e. The summed E-state index contributed by atoms with van der Waals surface area (Å²) in [5.74, 6) is 0. The standard InChI is InChI=1S/C10H22BO3/c1-3-5-7-9-13-11(12)14-10-8-6-4-2/h3-10H2,1-2H3. The molecule has 0 bridgehead atoms. The Kier molecular flexibility index (Phi) is 11.0. The van der Waals surface area contributed by atoms with Gasteiger partial charge in [-0.15, -0.1) is 0 Å². The highest BCUT2D eigenvalue weighted by atomic mass is 16.7. The monoisotopic (exact) mass is 201 g/mol. The van der Waals surface area contributed by atoms with E-state index < -0.39 is 7.32 Å². The van der Waals surface area contributed by atoms with Crippen molar-refractivity contribution in [1.29, 1.82) is 0 Å². The molecule has 0 unspecified atom stereocenters. The molecule has 4 heteroatoms. The van der Waals surface area contributed by atoms with Crippen LogP contribution in [0.1, 0.15) is 52.4 Å². The van der Waals surface area contributed by atoms with Crippen LogP contribution in [0.25, 0.3) is 0 Å². The molecule has 0 atom stereocenters. The van der Waals surface area contributed by atoms with Gasteiger partial charge in [0.2, 0.25) is 0 Å². The van der Waals surface area contributed by atoms with Crippen molar-refractivity contribution in [2.75, 3.05) is 13.2 Å². The van der Waals surface area contributed by atoms with Crippen LogP contribution in [0.15, 0.2) is 0 Å². The lowest BCUT2D eigenvalue weighted by molar-refractivity contribution is 0.105. The third-order valence-corrected chi connectivity index (χ3v) is 2.00. The van der Waals surface area contributed by atoms with Gasteiger partial charge in [-0.3, -0.25) is 0 Å². The maximum atomic E-state index is 11.0. The van der Waals surface area contributed by atoms with E-state index in [4.69, 9.17) is 9.31 Å². The fourth-order valence-electron chi connectivity index (χ4n) is 1.11. The Hall–Kier alpha value is -0.0551. The van der Waals surface area contributed by atoms with Crippen LogP contribution in [0, 0.1) is 0 Å². The van der Waals surface area contributed by atoms with Gasteiger partial charge in [0.15, 0.2) is 0 Å². The molecular formula is C10H22BO3. The molecule has 0 rings (SSSR count). The Morgan fingerprint density at radius 3 is 1.64 bits per heavy atom. The third-order valence-electron chi connectivity index (χ3n) is 2.00. The molecule has 3 nitrogen and oxygen atoms in total. The van der Waals surface area contributed by atoms with Crippen LogP contribution in [-0.4, -0.2) is 20.5 Å². The van der Waals surface area contributed by atoms with Crippen LogP contribution in [0.3, 0.4) is 0 Å². The first-order valence-electron chi connectivity index (χ1n) is 5.70. The minimum atomic E-state index is -1.27. The molecule has 0 saturated carbocycles. The molecular weight excluding hydrogens is 179 g/mol. The fraction of sp³-hybridized carbons (Fsp3) is 1.00. The molecule has 0 spiro atoms. The van der Waals surface area contributed by atoms with Crippen molar-refractivity contribution in [3.05, 3.63) is 0 Å². The summed E-state index contributed by atoms with van der Waals surface area (Å²) in [7, 11) is -1.27. The molecule has 0 aliphatic heterocycles. The molecule has 1 radical (unpaired) electrons. The molecule has 0 fully saturated rings. The average molecular weight is 201 g/mol. The van der Waals surface area contributed by atoms with Gasteiger partial charge in [0.05, 0.1) is 0 Å². The number of hydrogen-bond acceptors (Lipinski definition) is 2. The van der Waals surface area contributed by atoms with Crippen molar-refractivity contribution in [2.45, 2.75) is 52.4 Å². The smallest absolute Gasteiger partial charge is 0.384 e. The first-order valence-corrected chi connectivity index (χ1v) is 5.70. The van der Waals surface area contributed by atoms with E-state index in [-0.39, 0.29) is 0 Å². The first-order chi connectivity index (χ1) is 6.81. The van der Waals surface area contributed by atoms with Gasteiger partial charge in [0.1, 0.15) is 0 Å². The van der Waals surface area contributed by atoms with Crippen LogP contribution in [0.4, 0.5) is 0 Å². The van der Waals surface area contributed by atoms with Crippen LogP contribution < -0.4 is 0 Å². The SMILES string of the molecule is CCCCCOB([O])OCCCCC. The highest BCUT2D eigenvalue weighted by Crippen LogP contribution is 1.98. The largest absolute Gasteiger partial charge is 0.666 e. The van der Waals surface area contributed by atoms with Crippen LogP contribution in [-0.2, 0) is 14.3 Å². The summed E-state index contributed by atoms with van der Waals surface area (Å²) >= 11 is 0. The van der Waals surface area contributed by atoms with Crippen LogP contribution >= 0.6 is 0 Å². The van der Waals surface area contributed by atoms with E-state index in [1.54, 1.807) is 0 Å². The van der Waals surface area contributed by atoms with E-state index in [1.165, 1.54) is 0 Å². The maximum absolute atomic E-state index is 11.0. The molecule has 0 aromatic heterocycles. The van der Waals surface area contributed by atoms with Gasteiger partial charge in [-0.1, -0.05) is 39.5 Å². The van der Waals surface area contributed by atoms with Crippen molar-refractivity contribution >= 4 is 7.32 Å². The summed E-state index contributed by atoms with van der Waals surface area (Å²) in [5, 5.41) is 11.0. The molecule has 14 heavy (non-hydrogen) atoms. The Morgan fingerprint density at radius 1 is 0.857 bits per heavy atom. The number of hydrogen-bond donors (Lipinski definition) is 0. The minimum Gasteiger partial charge on any atom is -0.384 e. The first kappa shape index (κ1) is 13.9. The number of unbranched alkanes of at least 4 members (excludes halogenated alkanes) is 4. The molecule has 0 amide bonds. The van der Waals surface area contributed by atoms with E-state index in [2.05, 4.69) is 13.8 Å². The second-order valence-corrected chi connectivity index (χ2v) is 3.44. The minimum absolute atomic E-state index is 0.524. The van der Waals surface area contributed by atoms with Gasteiger partial charge in [0, 0.05) is 13.2 Å². The van der Waals surface area contributed by atoms with Gasteiger partial charge in [0.25, 0.3) is 0 Å². The van der Waals surface area contributed by atoms with Gasteiger partial charge < -0.3 is 9.31 Å². The average Bonchev–Trinajstić information content (AvgIpc) is 2.19. The third kappa shape index (κ3) is 10.0. The number of rotatable bonds is 10.